The molecule has 1 aromatic heterocycles. The molecule has 0 atom stereocenters. The molecule has 1 heterocycles. The highest BCUT2D eigenvalue weighted by Gasteiger charge is 2.09. The summed E-state index contributed by atoms with van der Waals surface area (Å²) in [4.78, 5) is 3.53. The summed E-state index contributed by atoms with van der Waals surface area (Å²) in [5, 5.41) is 6.05. The number of hydrogen-bond donors (Lipinski definition) is 2. The minimum Gasteiger partial charge on any atom is -0.355 e. The van der Waals surface area contributed by atoms with Crippen LogP contribution in [0.1, 0.15) is 5.56 Å². The van der Waals surface area contributed by atoms with Crippen molar-refractivity contribution < 1.29 is 0 Å². The van der Waals surface area contributed by atoms with Crippen LogP contribution in [0.5, 0.6) is 0 Å². The molecule has 0 radical (unpaired) electrons. The summed E-state index contributed by atoms with van der Waals surface area (Å²) >= 11 is 0. The van der Waals surface area contributed by atoms with Gasteiger partial charge in [-0.3, -0.25) is 0 Å². The van der Waals surface area contributed by atoms with E-state index in [1.165, 1.54) is 27.4 Å². The molecule has 102 valence electrons. The Morgan fingerprint density at radius 2 is 1.52 bits per heavy atom. The van der Waals surface area contributed by atoms with Gasteiger partial charge in [0.1, 0.15) is 0 Å². The second kappa shape index (κ2) is 4.67. The van der Waals surface area contributed by atoms with E-state index in [4.69, 9.17) is 0 Å². The summed E-state index contributed by atoms with van der Waals surface area (Å²) < 4.78 is 0. The first-order valence-electron chi connectivity index (χ1n) is 7.15. The van der Waals surface area contributed by atoms with Crippen molar-refractivity contribution in [1.82, 2.24) is 4.98 Å². The molecule has 0 amide bonds. The molecule has 2 N–H and O–H groups in total. The Labute approximate surface area is 123 Å². The van der Waals surface area contributed by atoms with Crippen molar-refractivity contribution in [2.75, 3.05) is 5.32 Å². The van der Waals surface area contributed by atoms with Crippen molar-refractivity contribution in [2.45, 2.75) is 6.92 Å². The standard InChI is InChI=1S/C19H16N2/c1-13-17(20-14-7-3-2-4-8-14)12-11-16-15-9-5-6-10-18(15)21-19(13)16/h2-12,20-21H,1H3. The summed E-state index contributed by atoms with van der Waals surface area (Å²) in [7, 11) is 0. The molecule has 4 rings (SSSR count). The van der Waals surface area contributed by atoms with Crippen LogP contribution in [0.15, 0.2) is 66.7 Å². The minimum absolute atomic E-state index is 1.11. The lowest BCUT2D eigenvalue weighted by atomic mass is 10.1. The van der Waals surface area contributed by atoms with Gasteiger partial charge >= 0.3 is 0 Å². The van der Waals surface area contributed by atoms with E-state index in [2.05, 4.69) is 65.8 Å². The second-order valence-electron chi connectivity index (χ2n) is 5.32. The molecule has 0 saturated carbocycles. The molecule has 21 heavy (non-hydrogen) atoms. The average Bonchev–Trinajstić information content (AvgIpc) is 2.91. The molecule has 0 fully saturated rings. The fourth-order valence-corrected chi connectivity index (χ4v) is 2.87. The van der Waals surface area contributed by atoms with Gasteiger partial charge in [-0.1, -0.05) is 42.5 Å². The molecule has 2 heteroatoms. The van der Waals surface area contributed by atoms with Crippen LogP contribution < -0.4 is 5.32 Å². The molecule has 0 bridgehead atoms. The highest BCUT2D eigenvalue weighted by Crippen LogP contribution is 2.32. The summed E-state index contributed by atoms with van der Waals surface area (Å²) in [6.45, 7) is 2.16. The van der Waals surface area contributed by atoms with Gasteiger partial charge in [0.25, 0.3) is 0 Å². The summed E-state index contributed by atoms with van der Waals surface area (Å²) in [5.74, 6) is 0. The summed E-state index contributed by atoms with van der Waals surface area (Å²) in [6, 6.07) is 23.0. The van der Waals surface area contributed by atoms with E-state index < -0.39 is 0 Å². The van der Waals surface area contributed by atoms with Crippen molar-refractivity contribution in [3.05, 3.63) is 72.3 Å². The molecule has 0 saturated heterocycles. The number of para-hydroxylation sites is 2. The van der Waals surface area contributed by atoms with Crippen molar-refractivity contribution >= 4 is 33.2 Å². The maximum absolute atomic E-state index is 3.53. The first-order chi connectivity index (χ1) is 10.3. The Kier molecular flexibility index (Phi) is 2.68. The summed E-state index contributed by atoms with van der Waals surface area (Å²) in [6.07, 6.45) is 0. The molecule has 0 aliphatic carbocycles. The van der Waals surface area contributed by atoms with Crippen molar-refractivity contribution in [3.63, 3.8) is 0 Å². The van der Waals surface area contributed by atoms with Gasteiger partial charge in [0, 0.05) is 27.7 Å². The van der Waals surface area contributed by atoms with Crippen LogP contribution in [-0.4, -0.2) is 4.98 Å². The van der Waals surface area contributed by atoms with Crippen LogP contribution in [0.3, 0.4) is 0 Å². The van der Waals surface area contributed by atoms with E-state index in [0.717, 1.165) is 11.4 Å². The van der Waals surface area contributed by atoms with Gasteiger partial charge in [-0.05, 0) is 36.8 Å². The molecule has 0 spiro atoms. The zero-order chi connectivity index (χ0) is 14.2. The number of rotatable bonds is 2. The number of anilines is 2. The molecule has 4 aromatic rings. The smallest absolute Gasteiger partial charge is 0.0515 e. The SMILES string of the molecule is Cc1c(Nc2ccccc2)ccc2c1[nH]c1ccccc12. The van der Waals surface area contributed by atoms with E-state index >= 15 is 0 Å². The van der Waals surface area contributed by atoms with E-state index in [1.54, 1.807) is 0 Å². The number of H-pyrrole nitrogens is 1. The third-order valence-electron chi connectivity index (χ3n) is 3.99. The fourth-order valence-electron chi connectivity index (χ4n) is 2.87. The van der Waals surface area contributed by atoms with Gasteiger partial charge in [0.05, 0.1) is 5.52 Å². The fraction of sp³-hybridized carbons (Fsp3) is 0.0526. The maximum Gasteiger partial charge on any atom is 0.0515 e. The first-order valence-corrected chi connectivity index (χ1v) is 7.15. The molecular weight excluding hydrogens is 256 g/mol. The molecule has 0 aliphatic rings. The van der Waals surface area contributed by atoms with Crippen molar-refractivity contribution in [2.24, 2.45) is 0 Å². The van der Waals surface area contributed by atoms with Crippen LogP contribution in [-0.2, 0) is 0 Å². The third-order valence-corrected chi connectivity index (χ3v) is 3.99. The van der Waals surface area contributed by atoms with E-state index in [1.807, 2.05) is 18.2 Å². The maximum atomic E-state index is 3.53. The Morgan fingerprint density at radius 3 is 2.38 bits per heavy atom. The van der Waals surface area contributed by atoms with Gasteiger partial charge in [0.15, 0.2) is 0 Å². The number of fused-ring (bicyclic) bond motifs is 3. The quantitative estimate of drug-likeness (QED) is 0.504. The Bertz CT molecular complexity index is 920. The lowest BCUT2D eigenvalue weighted by Gasteiger charge is -2.10. The number of aromatic nitrogens is 1. The largest absolute Gasteiger partial charge is 0.355 e. The van der Waals surface area contributed by atoms with Crippen LogP contribution >= 0.6 is 0 Å². The van der Waals surface area contributed by atoms with Crippen LogP contribution in [0.2, 0.25) is 0 Å². The van der Waals surface area contributed by atoms with Gasteiger partial charge in [-0.2, -0.15) is 0 Å². The lowest BCUT2D eigenvalue weighted by molar-refractivity contribution is 1.43. The summed E-state index contributed by atoms with van der Waals surface area (Å²) in [5.41, 5.74) is 5.88. The van der Waals surface area contributed by atoms with Crippen molar-refractivity contribution in [1.29, 1.82) is 0 Å². The number of hydrogen-bond acceptors (Lipinski definition) is 1. The van der Waals surface area contributed by atoms with Crippen LogP contribution in [0.25, 0.3) is 21.8 Å². The second-order valence-corrected chi connectivity index (χ2v) is 5.32. The van der Waals surface area contributed by atoms with E-state index in [0.29, 0.717) is 0 Å². The van der Waals surface area contributed by atoms with Crippen molar-refractivity contribution in [3.8, 4) is 0 Å². The Balaban J connectivity index is 1.88. The van der Waals surface area contributed by atoms with E-state index in [9.17, 15) is 0 Å². The predicted octanol–water partition coefficient (Wildman–Crippen LogP) is 5.37. The number of aryl methyl sites for hydroxylation is 1. The van der Waals surface area contributed by atoms with Gasteiger partial charge in [0.2, 0.25) is 0 Å². The lowest BCUT2D eigenvalue weighted by Crippen LogP contribution is -1.93. The average molecular weight is 272 g/mol. The topological polar surface area (TPSA) is 27.8 Å². The highest BCUT2D eigenvalue weighted by atomic mass is 14.9. The third kappa shape index (κ3) is 1.96. The number of benzene rings is 3. The molecule has 0 aliphatic heterocycles. The van der Waals surface area contributed by atoms with Crippen LogP contribution in [0, 0.1) is 6.92 Å². The predicted molar refractivity (Wildman–Crippen MR) is 90.3 cm³/mol. The monoisotopic (exact) mass is 272 g/mol. The van der Waals surface area contributed by atoms with Gasteiger partial charge in [-0.25, -0.2) is 0 Å². The minimum atomic E-state index is 1.11. The Morgan fingerprint density at radius 1 is 0.762 bits per heavy atom. The highest BCUT2D eigenvalue weighted by molar-refractivity contribution is 6.09. The number of nitrogens with one attached hydrogen (secondary N) is 2. The zero-order valence-electron chi connectivity index (χ0n) is 11.9. The van der Waals surface area contributed by atoms with E-state index in [-0.39, 0.29) is 0 Å². The van der Waals surface area contributed by atoms with Crippen LogP contribution in [0.4, 0.5) is 11.4 Å². The van der Waals surface area contributed by atoms with Gasteiger partial charge in [-0.15, -0.1) is 0 Å². The molecule has 2 nitrogen and oxygen atoms in total. The first kappa shape index (κ1) is 12.0. The molecule has 0 unspecified atom stereocenters. The number of aromatic amines is 1. The molecule has 3 aromatic carbocycles. The molecular formula is C19H16N2. The Hall–Kier alpha value is -2.74. The van der Waals surface area contributed by atoms with Gasteiger partial charge < -0.3 is 10.3 Å². The normalized spacial score (nSPS) is 11.1. The zero-order valence-corrected chi connectivity index (χ0v) is 11.9.